The minimum Gasteiger partial charge on any atom is -0.321 e. The molecular weight excluding hydrogens is 212 g/mol. The number of hydrogen-bond acceptors (Lipinski definition) is 3. The van der Waals surface area contributed by atoms with Gasteiger partial charge < -0.3 is 4.57 Å². The third kappa shape index (κ3) is 2.32. The van der Waals surface area contributed by atoms with Crippen molar-refractivity contribution in [3.63, 3.8) is 0 Å². The molecule has 2 rings (SSSR count). The van der Waals surface area contributed by atoms with E-state index in [0.717, 1.165) is 5.56 Å². The summed E-state index contributed by atoms with van der Waals surface area (Å²) in [6, 6.07) is 13.8. The average molecular weight is 222 g/mol. The van der Waals surface area contributed by atoms with Gasteiger partial charge in [-0.2, -0.15) is 10.5 Å². The number of imidazole rings is 1. The van der Waals surface area contributed by atoms with Crippen LogP contribution in [0.15, 0.2) is 42.7 Å². The fourth-order valence-corrected chi connectivity index (χ4v) is 1.67. The molecule has 4 nitrogen and oxygen atoms in total. The number of benzene rings is 1. The molecule has 1 aromatic heterocycles. The molecular formula is C13H10N4. The first-order valence-electron chi connectivity index (χ1n) is 5.21. The van der Waals surface area contributed by atoms with Crippen molar-refractivity contribution in [3.05, 3.63) is 54.1 Å². The molecule has 1 aromatic carbocycles. The van der Waals surface area contributed by atoms with E-state index in [1.54, 1.807) is 17.0 Å². The third-order valence-corrected chi connectivity index (χ3v) is 2.55. The summed E-state index contributed by atoms with van der Waals surface area (Å²) >= 11 is 0. The molecule has 1 unspecified atom stereocenters. The van der Waals surface area contributed by atoms with Crippen molar-refractivity contribution in [1.29, 1.82) is 10.5 Å². The molecule has 17 heavy (non-hydrogen) atoms. The molecule has 1 heterocycles. The molecule has 0 radical (unpaired) electrons. The van der Waals surface area contributed by atoms with E-state index in [1.165, 1.54) is 0 Å². The maximum Gasteiger partial charge on any atom is 0.212 e. The molecule has 0 spiro atoms. The molecule has 2 aromatic rings. The summed E-state index contributed by atoms with van der Waals surface area (Å²) in [5, 5.41) is 18.0. The van der Waals surface area contributed by atoms with E-state index in [2.05, 4.69) is 11.1 Å². The highest BCUT2D eigenvalue weighted by molar-refractivity contribution is 5.25. The fraction of sp³-hybridized carbons (Fsp3) is 0.154. The van der Waals surface area contributed by atoms with Gasteiger partial charge in [0.25, 0.3) is 0 Å². The number of nitrogens with zero attached hydrogens (tertiary/aromatic N) is 4. The van der Waals surface area contributed by atoms with Crippen LogP contribution in [-0.4, -0.2) is 9.55 Å². The second-order valence-electron chi connectivity index (χ2n) is 3.61. The van der Waals surface area contributed by atoms with Crippen LogP contribution in [0.3, 0.4) is 0 Å². The van der Waals surface area contributed by atoms with Crippen LogP contribution in [0, 0.1) is 22.7 Å². The van der Waals surface area contributed by atoms with E-state index in [1.807, 2.05) is 36.4 Å². The van der Waals surface area contributed by atoms with Crippen LogP contribution in [-0.2, 0) is 6.54 Å². The molecule has 4 heteroatoms. The summed E-state index contributed by atoms with van der Waals surface area (Å²) in [5.41, 5.74) is 0.951. The fourth-order valence-electron chi connectivity index (χ4n) is 1.67. The predicted molar refractivity (Wildman–Crippen MR) is 61.7 cm³/mol. The van der Waals surface area contributed by atoms with Gasteiger partial charge in [0.1, 0.15) is 6.07 Å². The van der Waals surface area contributed by atoms with Crippen molar-refractivity contribution >= 4 is 0 Å². The molecule has 0 aliphatic carbocycles. The first-order chi connectivity index (χ1) is 8.35. The maximum atomic E-state index is 9.18. The van der Waals surface area contributed by atoms with Gasteiger partial charge >= 0.3 is 0 Å². The number of aromatic nitrogens is 2. The Morgan fingerprint density at radius 1 is 1.24 bits per heavy atom. The Kier molecular flexibility index (Phi) is 3.18. The first kappa shape index (κ1) is 10.9. The Morgan fingerprint density at radius 2 is 2.00 bits per heavy atom. The third-order valence-electron chi connectivity index (χ3n) is 2.55. The van der Waals surface area contributed by atoms with Gasteiger partial charge in [0, 0.05) is 18.9 Å². The van der Waals surface area contributed by atoms with Gasteiger partial charge in [-0.25, -0.2) is 4.98 Å². The molecule has 0 bridgehead atoms. The summed E-state index contributed by atoms with van der Waals surface area (Å²) in [4.78, 5) is 3.91. The molecule has 0 amide bonds. The Labute approximate surface area is 99.4 Å². The normalized spacial score (nSPS) is 11.4. The lowest BCUT2D eigenvalue weighted by atomic mass is 10.0. The van der Waals surface area contributed by atoms with Crippen molar-refractivity contribution in [2.75, 3.05) is 0 Å². The van der Waals surface area contributed by atoms with Gasteiger partial charge in [-0.05, 0) is 5.56 Å². The Bertz CT molecular complexity index is 571. The zero-order chi connectivity index (χ0) is 12.1. The van der Waals surface area contributed by atoms with Crippen LogP contribution in [0.2, 0.25) is 0 Å². The number of hydrogen-bond donors (Lipinski definition) is 0. The summed E-state index contributed by atoms with van der Waals surface area (Å²) in [6.07, 6.45) is 3.28. The highest BCUT2D eigenvalue weighted by Gasteiger charge is 2.12. The minimum absolute atomic E-state index is 0.266. The van der Waals surface area contributed by atoms with Crippen molar-refractivity contribution in [1.82, 2.24) is 9.55 Å². The average Bonchev–Trinajstić information content (AvgIpc) is 2.84. The highest BCUT2D eigenvalue weighted by atomic mass is 15.1. The van der Waals surface area contributed by atoms with Crippen molar-refractivity contribution in [2.45, 2.75) is 12.5 Å². The molecule has 0 saturated carbocycles. The molecule has 0 aliphatic heterocycles. The smallest absolute Gasteiger partial charge is 0.212 e. The zero-order valence-corrected chi connectivity index (χ0v) is 9.11. The lowest BCUT2D eigenvalue weighted by Gasteiger charge is -2.10. The Hall–Kier alpha value is -2.59. The van der Waals surface area contributed by atoms with E-state index >= 15 is 0 Å². The summed E-state index contributed by atoms with van der Waals surface area (Å²) in [5.74, 6) is 0.0682. The summed E-state index contributed by atoms with van der Waals surface area (Å²) in [6.45, 7) is 0.448. The van der Waals surface area contributed by atoms with Crippen LogP contribution < -0.4 is 0 Å². The second kappa shape index (κ2) is 4.96. The zero-order valence-electron chi connectivity index (χ0n) is 9.11. The van der Waals surface area contributed by atoms with Gasteiger partial charge in [0.05, 0.1) is 12.0 Å². The van der Waals surface area contributed by atoms with Crippen LogP contribution in [0.5, 0.6) is 0 Å². The summed E-state index contributed by atoms with van der Waals surface area (Å²) < 4.78 is 1.70. The van der Waals surface area contributed by atoms with Gasteiger partial charge in [-0.1, -0.05) is 30.3 Å². The van der Waals surface area contributed by atoms with E-state index in [-0.39, 0.29) is 5.92 Å². The SMILES string of the molecule is N#Cc1nccn1CC(C#N)c1ccccc1. The van der Waals surface area contributed by atoms with Gasteiger partial charge in [0.2, 0.25) is 5.82 Å². The van der Waals surface area contributed by atoms with Gasteiger partial charge in [-0.15, -0.1) is 0 Å². The van der Waals surface area contributed by atoms with Crippen molar-refractivity contribution < 1.29 is 0 Å². The van der Waals surface area contributed by atoms with Crippen LogP contribution in [0.4, 0.5) is 0 Å². The van der Waals surface area contributed by atoms with Gasteiger partial charge in [0.15, 0.2) is 0 Å². The van der Waals surface area contributed by atoms with Crippen molar-refractivity contribution in [2.24, 2.45) is 0 Å². The lowest BCUT2D eigenvalue weighted by Crippen LogP contribution is -2.08. The van der Waals surface area contributed by atoms with E-state index in [0.29, 0.717) is 12.4 Å². The van der Waals surface area contributed by atoms with Crippen molar-refractivity contribution in [3.8, 4) is 12.1 Å². The molecule has 1 atom stereocenters. The van der Waals surface area contributed by atoms with Crippen LogP contribution in [0.1, 0.15) is 17.3 Å². The van der Waals surface area contributed by atoms with E-state index in [9.17, 15) is 5.26 Å². The largest absolute Gasteiger partial charge is 0.321 e. The molecule has 0 aliphatic rings. The van der Waals surface area contributed by atoms with Crippen LogP contribution in [0.25, 0.3) is 0 Å². The standard InChI is InChI=1S/C13H10N4/c14-8-12(11-4-2-1-3-5-11)10-17-7-6-16-13(17)9-15/h1-7,12H,10H2. The monoisotopic (exact) mass is 222 g/mol. The lowest BCUT2D eigenvalue weighted by molar-refractivity contribution is 0.638. The number of rotatable bonds is 3. The molecule has 82 valence electrons. The minimum atomic E-state index is -0.266. The summed E-state index contributed by atoms with van der Waals surface area (Å²) in [7, 11) is 0. The molecule has 0 fully saturated rings. The second-order valence-corrected chi connectivity index (χ2v) is 3.61. The first-order valence-corrected chi connectivity index (χ1v) is 5.21. The maximum absolute atomic E-state index is 9.18. The van der Waals surface area contributed by atoms with E-state index < -0.39 is 0 Å². The van der Waals surface area contributed by atoms with Crippen LogP contribution >= 0.6 is 0 Å². The molecule has 0 N–H and O–H groups in total. The topological polar surface area (TPSA) is 65.4 Å². The Balaban J connectivity index is 2.23. The van der Waals surface area contributed by atoms with Gasteiger partial charge in [-0.3, -0.25) is 0 Å². The predicted octanol–water partition coefficient (Wildman–Crippen LogP) is 2.06. The highest BCUT2D eigenvalue weighted by Crippen LogP contribution is 2.17. The number of nitriles is 2. The quantitative estimate of drug-likeness (QED) is 0.798. The Morgan fingerprint density at radius 3 is 2.65 bits per heavy atom. The van der Waals surface area contributed by atoms with E-state index in [4.69, 9.17) is 5.26 Å². The molecule has 0 saturated heterocycles.